The molecule has 0 bridgehead atoms. The van der Waals surface area contributed by atoms with Crippen molar-refractivity contribution in [2.24, 2.45) is 5.73 Å². The van der Waals surface area contributed by atoms with Gasteiger partial charge in [0.2, 0.25) is 0 Å². The maximum Gasteiger partial charge on any atom is 0.127 e. The Balaban J connectivity index is 2.29. The largest absolute Gasteiger partial charge is 0.330 e. The minimum atomic E-state index is -0.170. The highest BCUT2D eigenvalue weighted by molar-refractivity contribution is 7.99. The summed E-state index contributed by atoms with van der Waals surface area (Å²) in [5.41, 5.74) is 6.23. The van der Waals surface area contributed by atoms with Gasteiger partial charge in [-0.3, -0.25) is 0 Å². The fourth-order valence-corrected chi connectivity index (χ4v) is 2.65. The van der Waals surface area contributed by atoms with E-state index >= 15 is 0 Å². The van der Waals surface area contributed by atoms with Gasteiger partial charge in [0.05, 0.1) is 0 Å². The van der Waals surface area contributed by atoms with Crippen molar-refractivity contribution in [1.29, 1.82) is 0 Å². The van der Waals surface area contributed by atoms with Crippen LogP contribution in [0.3, 0.4) is 0 Å². The van der Waals surface area contributed by atoms with Gasteiger partial charge >= 0.3 is 0 Å². The molecule has 1 nitrogen and oxygen atoms in total. The lowest BCUT2D eigenvalue weighted by Crippen LogP contribution is -2.05. The third kappa shape index (κ3) is 3.08. The molecule has 0 fully saturated rings. The van der Waals surface area contributed by atoms with Crippen molar-refractivity contribution in [3.05, 3.63) is 59.9 Å². The second kappa shape index (κ2) is 5.84. The zero-order valence-corrected chi connectivity index (χ0v) is 10.2. The second-order valence-corrected chi connectivity index (χ2v) is 4.79. The SMILES string of the molecule is NCCc1c(F)cccc1Sc1ccccc1. The summed E-state index contributed by atoms with van der Waals surface area (Å²) in [5.74, 6) is -0.170. The zero-order valence-electron chi connectivity index (χ0n) is 9.40. The van der Waals surface area contributed by atoms with Gasteiger partial charge in [-0.05, 0) is 37.2 Å². The van der Waals surface area contributed by atoms with Gasteiger partial charge < -0.3 is 5.73 Å². The third-order valence-corrected chi connectivity index (χ3v) is 3.55. The van der Waals surface area contributed by atoms with E-state index in [0.717, 1.165) is 9.79 Å². The van der Waals surface area contributed by atoms with Crippen LogP contribution in [0.15, 0.2) is 58.3 Å². The molecule has 0 unspecified atom stereocenters. The van der Waals surface area contributed by atoms with Gasteiger partial charge in [-0.25, -0.2) is 4.39 Å². The van der Waals surface area contributed by atoms with Crippen LogP contribution in [-0.2, 0) is 6.42 Å². The molecule has 2 N–H and O–H groups in total. The lowest BCUT2D eigenvalue weighted by Gasteiger charge is -2.09. The number of nitrogens with two attached hydrogens (primary N) is 1. The van der Waals surface area contributed by atoms with Crippen molar-refractivity contribution in [2.45, 2.75) is 16.2 Å². The summed E-state index contributed by atoms with van der Waals surface area (Å²) in [6.07, 6.45) is 0.571. The second-order valence-electron chi connectivity index (χ2n) is 3.67. The molecule has 0 aliphatic heterocycles. The summed E-state index contributed by atoms with van der Waals surface area (Å²) in [4.78, 5) is 2.05. The smallest absolute Gasteiger partial charge is 0.127 e. The molecule has 0 aliphatic rings. The van der Waals surface area contributed by atoms with E-state index in [-0.39, 0.29) is 5.82 Å². The number of benzene rings is 2. The fourth-order valence-electron chi connectivity index (χ4n) is 1.64. The molecule has 0 spiro atoms. The highest BCUT2D eigenvalue weighted by Crippen LogP contribution is 2.31. The van der Waals surface area contributed by atoms with Crippen LogP contribution in [0.5, 0.6) is 0 Å². The number of hydrogen-bond acceptors (Lipinski definition) is 2. The summed E-state index contributed by atoms with van der Waals surface area (Å²) in [7, 11) is 0. The van der Waals surface area contributed by atoms with Gasteiger partial charge in [0.1, 0.15) is 5.82 Å². The topological polar surface area (TPSA) is 26.0 Å². The first-order valence-electron chi connectivity index (χ1n) is 5.51. The van der Waals surface area contributed by atoms with Crippen molar-refractivity contribution >= 4 is 11.8 Å². The average molecular weight is 247 g/mol. The molecule has 3 heteroatoms. The van der Waals surface area contributed by atoms with Gasteiger partial charge in [-0.2, -0.15) is 0 Å². The molecular formula is C14H14FNS. The molecule has 2 aromatic carbocycles. The third-order valence-electron chi connectivity index (χ3n) is 2.44. The Labute approximate surface area is 105 Å². The summed E-state index contributed by atoms with van der Waals surface area (Å²) in [6.45, 7) is 0.462. The van der Waals surface area contributed by atoms with E-state index in [0.29, 0.717) is 18.5 Å². The van der Waals surface area contributed by atoms with E-state index in [1.165, 1.54) is 6.07 Å². The Hall–Kier alpha value is -1.32. The molecular weight excluding hydrogens is 233 g/mol. The minimum Gasteiger partial charge on any atom is -0.330 e. The van der Waals surface area contributed by atoms with Crippen LogP contribution in [0.4, 0.5) is 4.39 Å². The molecule has 0 aromatic heterocycles. The van der Waals surface area contributed by atoms with Gasteiger partial charge in [0.25, 0.3) is 0 Å². The highest BCUT2D eigenvalue weighted by Gasteiger charge is 2.08. The lowest BCUT2D eigenvalue weighted by atomic mass is 10.1. The van der Waals surface area contributed by atoms with Crippen molar-refractivity contribution in [3.8, 4) is 0 Å². The van der Waals surface area contributed by atoms with Crippen LogP contribution in [0, 0.1) is 5.82 Å². The zero-order chi connectivity index (χ0) is 12.1. The highest BCUT2D eigenvalue weighted by atomic mass is 32.2. The molecule has 2 aromatic rings. The molecule has 0 saturated carbocycles. The van der Waals surface area contributed by atoms with Crippen molar-refractivity contribution in [2.75, 3.05) is 6.54 Å². The van der Waals surface area contributed by atoms with Crippen LogP contribution in [0.25, 0.3) is 0 Å². The lowest BCUT2D eigenvalue weighted by molar-refractivity contribution is 0.603. The Morgan fingerprint density at radius 1 is 1.00 bits per heavy atom. The molecule has 2 rings (SSSR count). The van der Waals surface area contributed by atoms with Gasteiger partial charge in [0.15, 0.2) is 0 Å². The number of hydrogen-bond donors (Lipinski definition) is 1. The van der Waals surface area contributed by atoms with E-state index in [1.54, 1.807) is 17.8 Å². The summed E-state index contributed by atoms with van der Waals surface area (Å²) in [5, 5.41) is 0. The Morgan fingerprint density at radius 3 is 2.47 bits per heavy atom. The quantitative estimate of drug-likeness (QED) is 0.895. The molecule has 0 radical (unpaired) electrons. The number of halogens is 1. The monoisotopic (exact) mass is 247 g/mol. The van der Waals surface area contributed by atoms with E-state index < -0.39 is 0 Å². The average Bonchev–Trinajstić information content (AvgIpc) is 2.35. The molecule has 0 aliphatic carbocycles. The Morgan fingerprint density at radius 2 is 1.76 bits per heavy atom. The first-order valence-corrected chi connectivity index (χ1v) is 6.33. The van der Waals surface area contributed by atoms with Crippen molar-refractivity contribution in [1.82, 2.24) is 0 Å². The van der Waals surface area contributed by atoms with E-state index in [9.17, 15) is 4.39 Å². The molecule has 17 heavy (non-hydrogen) atoms. The fraction of sp³-hybridized carbons (Fsp3) is 0.143. The Kier molecular flexibility index (Phi) is 4.18. The predicted octanol–water partition coefficient (Wildman–Crippen LogP) is 3.48. The van der Waals surface area contributed by atoms with Gasteiger partial charge in [-0.15, -0.1) is 0 Å². The first kappa shape index (κ1) is 12.1. The summed E-state index contributed by atoms with van der Waals surface area (Å²) >= 11 is 1.57. The molecule has 0 saturated heterocycles. The van der Waals surface area contributed by atoms with Crippen LogP contribution < -0.4 is 5.73 Å². The van der Waals surface area contributed by atoms with Crippen LogP contribution in [-0.4, -0.2) is 6.54 Å². The van der Waals surface area contributed by atoms with Crippen LogP contribution in [0.2, 0.25) is 0 Å². The normalized spacial score (nSPS) is 10.5. The first-order chi connectivity index (χ1) is 8.31. The predicted molar refractivity (Wildman–Crippen MR) is 69.7 cm³/mol. The number of rotatable bonds is 4. The molecule has 88 valence electrons. The van der Waals surface area contributed by atoms with Crippen LogP contribution >= 0.6 is 11.8 Å². The summed E-state index contributed by atoms with van der Waals surface area (Å²) < 4.78 is 13.7. The van der Waals surface area contributed by atoms with Crippen molar-refractivity contribution in [3.63, 3.8) is 0 Å². The molecule has 0 heterocycles. The van der Waals surface area contributed by atoms with Crippen LogP contribution in [0.1, 0.15) is 5.56 Å². The van der Waals surface area contributed by atoms with Crippen molar-refractivity contribution < 1.29 is 4.39 Å². The molecule has 0 amide bonds. The molecule has 0 atom stereocenters. The van der Waals surface area contributed by atoms with E-state index in [4.69, 9.17) is 5.73 Å². The van der Waals surface area contributed by atoms with E-state index in [1.807, 2.05) is 36.4 Å². The Bertz CT molecular complexity index is 485. The van der Waals surface area contributed by atoms with Gasteiger partial charge in [-0.1, -0.05) is 36.0 Å². The maximum absolute atomic E-state index is 13.7. The minimum absolute atomic E-state index is 0.170. The standard InChI is InChI=1S/C14H14FNS/c15-13-7-4-8-14(12(13)9-10-16)17-11-5-2-1-3-6-11/h1-8H,9-10,16H2. The van der Waals surface area contributed by atoms with E-state index in [2.05, 4.69) is 0 Å². The summed E-state index contributed by atoms with van der Waals surface area (Å²) in [6, 6.07) is 15.1. The van der Waals surface area contributed by atoms with Gasteiger partial charge in [0, 0.05) is 15.4 Å². The maximum atomic E-state index is 13.7.